The number of nitrogens with zero attached hydrogens (tertiary/aromatic N) is 4. The third kappa shape index (κ3) is 3.94. The highest BCUT2D eigenvalue weighted by molar-refractivity contribution is 6.02. The van der Waals surface area contributed by atoms with E-state index in [-0.39, 0.29) is 5.91 Å². The van der Waals surface area contributed by atoms with Crippen LogP contribution >= 0.6 is 0 Å². The van der Waals surface area contributed by atoms with Crippen LogP contribution in [-0.2, 0) is 13.5 Å². The highest BCUT2D eigenvalue weighted by Gasteiger charge is 2.29. The topological polar surface area (TPSA) is 31.7 Å². The molecule has 0 N–H and O–H groups in total. The molecule has 5 heteroatoms. The fraction of sp³-hybridized carbons (Fsp3) is 0.423. The minimum Gasteiger partial charge on any atom is -0.369 e. The highest BCUT2D eigenvalue weighted by atomic mass is 16.2. The number of piperazine rings is 1. The maximum atomic E-state index is 13.2. The first-order valence-electron chi connectivity index (χ1n) is 11.6. The Morgan fingerprint density at radius 1 is 0.806 bits per heavy atom. The van der Waals surface area contributed by atoms with Gasteiger partial charge in [0.15, 0.2) is 0 Å². The SMILES string of the molecule is Cn1c2c(c3ccccc31)CCN(CCCCN1CCN(c3ccccc3)CC1)C2=O. The van der Waals surface area contributed by atoms with E-state index in [1.807, 2.05) is 7.05 Å². The van der Waals surface area contributed by atoms with Crippen molar-refractivity contribution in [2.75, 3.05) is 50.7 Å². The molecule has 0 spiro atoms. The molecule has 1 aromatic heterocycles. The second-order valence-electron chi connectivity index (χ2n) is 8.82. The molecule has 1 saturated heterocycles. The minimum absolute atomic E-state index is 0.205. The van der Waals surface area contributed by atoms with E-state index in [0.29, 0.717) is 0 Å². The van der Waals surface area contributed by atoms with Gasteiger partial charge in [0.05, 0.1) is 0 Å². The molecule has 2 aliphatic heterocycles. The highest BCUT2D eigenvalue weighted by Crippen LogP contribution is 2.30. The Hall–Kier alpha value is -2.79. The number of carbonyl (C=O) groups excluding carboxylic acids is 1. The van der Waals surface area contributed by atoms with Crippen LogP contribution in [0.3, 0.4) is 0 Å². The number of aromatic nitrogens is 1. The summed E-state index contributed by atoms with van der Waals surface area (Å²) in [4.78, 5) is 20.3. The van der Waals surface area contributed by atoms with E-state index >= 15 is 0 Å². The van der Waals surface area contributed by atoms with Gasteiger partial charge >= 0.3 is 0 Å². The van der Waals surface area contributed by atoms with Crippen LogP contribution in [0.4, 0.5) is 5.69 Å². The molecule has 0 bridgehead atoms. The summed E-state index contributed by atoms with van der Waals surface area (Å²) in [6.45, 7) is 7.27. The first-order valence-corrected chi connectivity index (χ1v) is 11.6. The van der Waals surface area contributed by atoms with Crippen molar-refractivity contribution < 1.29 is 4.79 Å². The summed E-state index contributed by atoms with van der Waals surface area (Å²) < 4.78 is 2.09. The number of unbranched alkanes of at least 4 members (excludes halogenated alkanes) is 1. The Kier molecular flexibility index (Phi) is 5.68. The van der Waals surface area contributed by atoms with E-state index in [1.54, 1.807) is 0 Å². The van der Waals surface area contributed by atoms with Crippen LogP contribution in [0, 0.1) is 0 Å². The molecule has 0 saturated carbocycles. The zero-order valence-corrected chi connectivity index (χ0v) is 18.5. The van der Waals surface area contributed by atoms with E-state index < -0.39 is 0 Å². The number of hydrogen-bond donors (Lipinski definition) is 0. The quantitative estimate of drug-likeness (QED) is 0.573. The monoisotopic (exact) mass is 416 g/mol. The number of benzene rings is 2. The number of hydrogen-bond acceptors (Lipinski definition) is 3. The first-order chi connectivity index (χ1) is 15.2. The Balaban J connectivity index is 1.10. The van der Waals surface area contributed by atoms with E-state index in [1.165, 1.54) is 16.6 Å². The number of anilines is 1. The van der Waals surface area contributed by atoms with Crippen molar-refractivity contribution in [2.45, 2.75) is 19.3 Å². The smallest absolute Gasteiger partial charge is 0.270 e. The molecule has 3 heterocycles. The minimum atomic E-state index is 0.205. The lowest BCUT2D eigenvalue weighted by molar-refractivity contribution is 0.0725. The summed E-state index contributed by atoms with van der Waals surface area (Å²) in [6.07, 6.45) is 3.19. The second-order valence-corrected chi connectivity index (χ2v) is 8.82. The maximum Gasteiger partial charge on any atom is 0.270 e. The third-order valence-corrected chi connectivity index (χ3v) is 6.98. The third-order valence-electron chi connectivity index (χ3n) is 6.98. The number of rotatable bonds is 6. The maximum absolute atomic E-state index is 13.2. The van der Waals surface area contributed by atoms with Crippen molar-refractivity contribution in [2.24, 2.45) is 7.05 Å². The van der Waals surface area contributed by atoms with Crippen LogP contribution in [0.5, 0.6) is 0 Å². The molecule has 5 rings (SSSR count). The van der Waals surface area contributed by atoms with Crippen LogP contribution in [-0.4, -0.2) is 66.1 Å². The number of amides is 1. The molecular formula is C26H32N4O. The van der Waals surface area contributed by atoms with Crippen LogP contribution in [0.25, 0.3) is 10.9 Å². The Morgan fingerprint density at radius 3 is 2.32 bits per heavy atom. The number of fused-ring (bicyclic) bond motifs is 3. The van der Waals surface area contributed by atoms with E-state index in [2.05, 4.69) is 73.9 Å². The second kappa shape index (κ2) is 8.75. The normalized spacial score (nSPS) is 17.4. The van der Waals surface area contributed by atoms with Gasteiger partial charge < -0.3 is 14.4 Å². The van der Waals surface area contributed by atoms with E-state index in [0.717, 1.165) is 76.3 Å². The van der Waals surface area contributed by atoms with Crippen molar-refractivity contribution in [3.05, 3.63) is 65.9 Å². The number of para-hydroxylation sites is 2. The van der Waals surface area contributed by atoms with Crippen LogP contribution in [0.2, 0.25) is 0 Å². The molecular weight excluding hydrogens is 384 g/mol. The Morgan fingerprint density at radius 2 is 1.52 bits per heavy atom. The predicted octanol–water partition coefficient (Wildman–Crippen LogP) is 3.78. The van der Waals surface area contributed by atoms with Crippen molar-refractivity contribution in [1.29, 1.82) is 0 Å². The van der Waals surface area contributed by atoms with E-state index in [9.17, 15) is 4.79 Å². The molecule has 162 valence electrons. The lowest BCUT2D eigenvalue weighted by Gasteiger charge is -2.36. The van der Waals surface area contributed by atoms with Crippen LogP contribution in [0.15, 0.2) is 54.6 Å². The molecule has 3 aromatic rings. The summed E-state index contributed by atoms with van der Waals surface area (Å²) in [6, 6.07) is 19.1. The van der Waals surface area contributed by atoms with Gasteiger partial charge in [-0.05, 0) is 49.6 Å². The van der Waals surface area contributed by atoms with Crippen molar-refractivity contribution in [1.82, 2.24) is 14.4 Å². The Bertz CT molecular complexity index is 1050. The van der Waals surface area contributed by atoms with Gasteiger partial charge in [-0.15, -0.1) is 0 Å². The summed E-state index contributed by atoms with van der Waals surface area (Å²) in [5.74, 6) is 0.205. The molecule has 0 unspecified atom stereocenters. The van der Waals surface area contributed by atoms with Gasteiger partial charge in [0.1, 0.15) is 5.69 Å². The van der Waals surface area contributed by atoms with Crippen molar-refractivity contribution >= 4 is 22.5 Å². The van der Waals surface area contributed by atoms with Crippen LogP contribution < -0.4 is 4.90 Å². The summed E-state index contributed by atoms with van der Waals surface area (Å²) in [5, 5.41) is 1.24. The van der Waals surface area contributed by atoms with Gasteiger partial charge in [0, 0.05) is 62.9 Å². The average molecular weight is 417 g/mol. The van der Waals surface area contributed by atoms with Crippen LogP contribution in [0.1, 0.15) is 28.9 Å². The van der Waals surface area contributed by atoms with Gasteiger partial charge in [-0.1, -0.05) is 36.4 Å². The summed E-state index contributed by atoms with van der Waals surface area (Å²) >= 11 is 0. The zero-order chi connectivity index (χ0) is 21.2. The van der Waals surface area contributed by atoms with E-state index in [4.69, 9.17) is 0 Å². The number of carbonyl (C=O) groups is 1. The van der Waals surface area contributed by atoms with Gasteiger partial charge in [0.25, 0.3) is 5.91 Å². The fourth-order valence-corrected chi connectivity index (χ4v) is 5.22. The summed E-state index contributed by atoms with van der Waals surface area (Å²) in [7, 11) is 2.03. The lowest BCUT2D eigenvalue weighted by atomic mass is 10.0. The fourth-order valence-electron chi connectivity index (χ4n) is 5.22. The molecule has 31 heavy (non-hydrogen) atoms. The van der Waals surface area contributed by atoms with Gasteiger partial charge in [0.2, 0.25) is 0 Å². The summed E-state index contributed by atoms with van der Waals surface area (Å²) in [5.41, 5.74) is 4.62. The molecule has 0 radical (unpaired) electrons. The van der Waals surface area contributed by atoms with Gasteiger partial charge in [-0.2, -0.15) is 0 Å². The molecule has 1 fully saturated rings. The van der Waals surface area contributed by atoms with Gasteiger partial charge in [-0.3, -0.25) is 9.69 Å². The molecule has 0 atom stereocenters. The molecule has 0 aliphatic carbocycles. The number of aryl methyl sites for hydroxylation is 1. The largest absolute Gasteiger partial charge is 0.369 e. The van der Waals surface area contributed by atoms with Crippen molar-refractivity contribution in [3.8, 4) is 0 Å². The molecule has 5 nitrogen and oxygen atoms in total. The zero-order valence-electron chi connectivity index (χ0n) is 18.5. The predicted molar refractivity (Wildman–Crippen MR) is 127 cm³/mol. The van der Waals surface area contributed by atoms with Gasteiger partial charge in [-0.25, -0.2) is 0 Å². The molecule has 1 amide bonds. The molecule has 2 aliphatic rings. The first kappa shape index (κ1) is 20.1. The lowest BCUT2D eigenvalue weighted by Crippen LogP contribution is -2.46. The standard InChI is InChI=1S/C26H32N4O/c1-27-24-12-6-5-11-22(24)23-13-16-30(26(31)25(23)27)15-8-7-14-28-17-19-29(20-18-28)21-9-3-2-4-10-21/h2-6,9-12H,7-8,13-20H2,1H3. The Labute approximate surface area is 184 Å². The molecule has 2 aromatic carbocycles. The average Bonchev–Trinajstić information content (AvgIpc) is 3.12. The van der Waals surface area contributed by atoms with Crippen molar-refractivity contribution in [3.63, 3.8) is 0 Å².